The zero-order valence-electron chi connectivity index (χ0n) is 6.25. The van der Waals surface area contributed by atoms with Crippen LogP contribution in [0.1, 0.15) is 6.42 Å². The zero-order valence-corrected chi connectivity index (χ0v) is 7.14. The number of allylic oxidation sites excluding steroid dienone is 3. The SMILES string of the molecule is C=C/C=C\C(CCS)=NC. The fraction of sp³-hybridized carbons (Fsp3) is 0.375. The molecule has 0 saturated carbocycles. The van der Waals surface area contributed by atoms with Gasteiger partial charge < -0.3 is 0 Å². The maximum atomic E-state index is 4.10. The van der Waals surface area contributed by atoms with Gasteiger partial charge in [-0.2, -0.15) is 12.6 Å². The molecule has 0 aromatic carbocycles. The molecule has 0 unspecified atom stereocenters. The van der Waals surface area contributed by atoms with Crippen molar-refractivity contribution in [3.05, 3.63) is 24.8 Å². The van der Waals surface area contributed by atoms with Gasteiger partial charge in [-0.1, -0.05) is 18.7 Å². The molecule has 0 rings (SSSR count). The summed E-state index contributed by atoms with van der Waals surface area (Å²) in [7, 11) is 1.78. The fourth-order valence-electron chi connectivity index (χ4n) is 0.563. The van der Waals surface area contributed by atoms with Gasteiger partial charge in [-0.15, -0.1) is 0 Å². The lowest BCUT2D eigenvalue weighted by Gasteiger charge is -1.93. The zero-order chi connectivity index (χ0) is 7.82. The van der Waals surface area contributed by atoms with Gasteiger partial charge >= 0.3 is 0 Å². The molecule has 0 atom stereocenters. The highest BCUT2D eigenvalue weighted by atomic mass is 32.1. The van der Waals surface area contributed by atoms with Crippen LogP contribution in [0.2, 0.25) is 0 Å². The van der Waals surface area contributed by atoms with Crippen LogP contribution in [0.5, 0.6) is 0 Å². The van der Waals surface area contributed by atoms with Gasteiger partial charge in [-0.3, -0.25) is 4.99 Å². The normalized spacial score (nSPS) is 12.4. The molecule has 0 saturated heterocycles. The van der Waals surface area contributed by atoms with Crippen LogP contribution in [0.25, 0.3) is 0 Å². The van der Waals surface area contributed by atoms with Crippen LogP contribution in [-0.2, 0) is 0 Å². The van der Waals surface area contributed by atoms with Gasteiger partial charge in [0.1, 0.15) is 0 Å². The van der Waals surface area contributed by atoms with Gasteiger partial charge in [0.2, 0.25) is 0 Å². The highest BCUT2D eigenvalue weighted by molar-refractivity contribution is 7.80. The summed E-state index contributed by atoms with van der Waals surface area (Å²) in [6, 6.07) is 0. The van der Waals surface area contributed by atoms with E-state index in [0.29, 0.717) is 0 Å². The van der Waals surface area contributed by atoms with Gasteiger partial charge in [0.05, 0.1) is 0 Å². The second-order valence-electron chi connectivity index (χ2n) is 1.78. The molecule has 1 nitrogen and oxygen atoms in total. The second-order valence-corrected chi connectivity index (χ2v) is 2.23. The summed E-state index contributed by atoms with van der Waals surface area (Å²) in [5.41, 5.74) is 1.06. The van der Waals surface area contributed by atoms with Crippen molar-refractivity contribution < 1.29 is 0 Å². The van der Waals surface area contributed by atoms with Crippen molar-refractivity contribution in [1.29, 1.82) is 0 Å². The minimum atomic E-state index is 0.841. The monoisotopic (exact) mass is 155 g/mol. The van der Waals surface area contributed by atoms with Crippen LogP contribution in [0, 0.1) is 0 Å². The molecule has 0 radical (unpaired) electrons. The van der Waals surface area contributed by atoms with E-state index in [1.54, 1.807) is 13.1 Å². The Bertz CT molecular complexity index is 147. The maximum absolute atomic E-state index is 4.10. The van der Waals surface area contributed by atoms with Crippen molar-refractivity contribution in [3.8, 4) is 0 Å². The third kappa shape index (κ3) is 4.39. The van der Waals surface area contributed by atoms with Crippen molar-refractivity contribution >= 4 is 18.3 Å². The minimum Gasteiger partial charge on any atom is -0.293 e. The van der Waals surface area contributed by atoms with Gasteiger partial charge in [-0.25, -0.2) is 0 Å². The van der Waals surface area contributed by atoms with Gasteiger partial charge in [0, 0.05) is 12.8 Å². The van der Waals surface area contributed by atoms with E-state index in [0.717, 1.165) is 17.9 Å². The Morgan fingerprint density at radius 2 is 2.40 bits per heavy atom. The molecule has 10 heavy (non-hydrogen) atoms. The van der Waals surface area contributed by atoms with Crippen LogP contribution in [0.4, 0.5) is 0 Å². The summed E-state index contributed by atoms with van der Waals surface area (Å²) >= 11 is 4.10. The average Bonchev–Trinajstić information content (AvgIpc) is 1.98. The average molecular weight is 155 g/mol. The smallest absolute Gasteiger partial charge is 0.0352 e. The Morgan fingerprint density at radius 3 is 2.80 bits per heavy atom. The Hall–Kier alpha value is -0.500. The molecule has 2 heteroatoms. The van der Waals surface area contributed by atoms with E-state index >= 15 is 0 Å². The van der Waals surface area contributed by atoms with Crippen LogP contribution < -0.4 is 0 Å². The third-order valence-corrected chi connectivity index (χ3v) is 1.30. The Morgan fingerprint density at radius 1 is 1.70 bits per heavy atom. The highest BCUT2D eigenvalue weighted by Gasteiger charge is 1.87. The van der Waals surface area contributed by atoms with E-state index in [4.69, 9.17) is 0 Å². The largest absolute Gasteiger partial charge is 0.293 e. The summed E-state index contributed by atoms with van der Waals surface area (Å²) in [6.07, 6.45) is 6.49. The predicted octanol–water partition coefficient (Wildman–Crippen LogP) is 2.12. The molecule has 0 amide bonds. The van der Waals surface area contributed by atoms with Crippen LogP contribution >= 0.6 is 12.6 Å². The molecule has 0 aromatic heterocycles. The van der Waals surface area contributed by atoms with E-state index in [1.807, 2.05) is 12.2 Å². The first-order chi connectivity index (χ1) is 4.85. The Kier molecular flexibility index (Phi) is 6.29. The molecule has 0 aromatic rings. The van der Waals surface area contributed by atoms with E-state index in [1.165, 1.54) is 0 Å². The highest BCUT2D eigenvalue weighted by Crippen LogP contribution is 1.91. The van der Waals surface area contributed by atoms with E-state index in [-0.39, 0.29) is 0 Å². The number of nitrogens with zero attached hydrogens (tertiary/aromatic N) is 1. The summed E-state index contributed by atoms with van der Waals surface area (Å²) in [5, 5.41) is 0. The summed E-state index contributed by atoms with van der Waals surface area (Å²) in [5.74, 6) is 0.841. The lowest BCUT2D eigenvalue weighted by molar-refractivity contribution is 1.28. The van der Waals surface area contributed by atoms with Crippen molar-refractivity contribution in [2.24, 2.45) is 4.99 Å². The molecule has 56 valence electrons. The van der Waals surface area contributed by atoms with Crippen LogP contribution in [0.3, 0.4) is 0 Å². The first kappa shape index (κ1) is 9.50. The first-order valence-corrected chi connectivity index (χ1v) is 3.84. The Labute approximate surface area is 68.0 Å². The molecule has 0 aliphatic carbocycles. The molecule has 0 aliphatic heterocycles. The molecular formula is C8H13NS. The van der Waals surface area contributed by atoms with E-state index in [9.17, 15) is 0 Å². The number of rotatable bonds is 4. The van der Waals surface area contributed by atoms with Crippen LogP contribution in [-0.4, -0.2) is 18.5 Å². The summed E-state index contributed by atoms with van der Waals surface area (Å²) in [4.78, 5) is 4.05. The molecular weight excluding hydrogens is 142 g/mol. The van der Waals surface area contributed by atoms with Crippen LogP contribution in [0.15, 0.2) is 29.8 Å². The number of thiol groups is 1. The lowest BCUT2D eigenvalue weighted by Crippen LogP contribution is -1.93. The Balaban J connectivity index is 3.84. The van der Waals surface area contributed by atoms with Gasteiger partial charge in [-0.05, 0) is 18.2 Å². The molecule has 0 aliphatic rings. The molecule has 0 fully saturated rings. The fourth-order valence-corrected chi connectivity index (χ4v) is 0.792. The van der Waals surface area contributed by atoms with E-state index < -0.39 is 0 Å². The maximum Gasteiger partial charge on any atom is 0.0352 e. The van der Waals surface area contributed by atoms with E-state index in [2.05, 4.69) is 24.2 Å². The second kappa shape index (κ2) is 6.62. The lowest BCUT2D eigenvalue weighted by atomic mass is 10.2. The minimum absolute atomic E-state index is 0.841. The van der Waals surface area contributed by atoms with Crippen molar-refractivity contribution in [1.82, 2.24) is 0 Å². The summed E-state index contributed by atoms with van der Waals surface area (Å²) in [6.45, 7) is 3.57. The van der Waals surface area contributed by atoms with Gasteiger partial charge in [0.15, 0.2) is 0 Å². The predicted molar refractivity (Wildman–Crippen MR) is 51.2 cm³/mol. The number of aliphatic imine (C=N–C) groups is 1. The standard InChI is InChI=1S/C8H13NS/c1-3-4-5-8(9-2)6-7-10/h3-5,10H,1,6-7H2,2H3/b5-4-,9-8?. The molecule has 0 bridgehead atoms. The first-order valence-electron chi connectivity index (χ1n) is 3.20. The van der Waals surface area contributed by atoms with Crippen molar-refractivity contribution in [3.63, 3.8) is 0 Å². The topological polar surface area (TPSA) is 12.4 Å². The summed E-state index contributed by atoms with van der Waals surface area (Å²) < 4.78 is 0. The van der Waals surface area contributed by atoms with Crippen molar-refractivity contribution in [2.75, 3.05) is 12.8 Å². The number of hydrogen-bond acceptors (Lipinski definition) is 2. The molecule has 0 heterocycles. The van der Waals surface area contributed by atoms with Gasteiger partial charge in [0.25, 0.3) is 0 Å². The quantitative estimate of drug-likeness (QED) is 0.363. The van der Waals surface area contributed by atoms with Crippen molar-refractivity contribution in [2.45, 2.75) is 6.42 Å². The number of hydrogen-bond donors (Lipinski definition) is 1. The molecule has 0 N–H and O–H groups in total. The molecule has 0 spiro atoms. The third-order valence-electron chi connectivity index (χ3n) is 1.08.